The Morgan fingerprint density at radius 3 is 2.40 bits per heavy atom. The molecular formula is C17H29NO2. The first kappa shape index (κ1) is 17.2. The van der Waals surface area contributed by atoms with Crippen LogP contribution in [0.3, 0.4) is 0 Å². The zero-order chi connectivity index (χ0) is 14.6. The number of rotatable bonds is 11. The van der Waals surface area contributed by atoms with E-state index in [1.54, 1.807) is 0 Å². The molecule has 0 spiro atoms. The maximum atomic E-state index is 10.1. The van der Waals surface area contributed by atoms with Gasteiger partial charge in [0.1, 0.15) is 0 Å². The van der Waals surface area contributed by atoms with E-state index >= 15 is 0 Å². The summed E-state index contributed by atoms with van der Waals surface area (Å²) in [5, 5.41) is 22.8. The van der Waals surface area contributed by atoms with Crippen molar-refractivity contribution in [2.75, 3.05) is 6.61 Å². The van der Waals surface area contributed by atoms with Crippen LogP contribution < -0.4 is 5.32 Å². The van der Waals surface area contributed by atoms with E-state index in [2.05, 4.69) is 12.2 Å². The Labute approximate surface area is 123 Å². The molecule has 1 rings (SSSR count). The molecule has 0 amide bonds. The van der Waals surface area contributed by atoms with Gasteiger partial charge in [-0.1, -0.05) is 69.4 Å². The molecule has 3 nitrogen and oxygen atoms in total. The first-order valence-electron chi connectivity index (χ1n) is 7.84. The van der Waals surface area contributed by atoms with E-state index in [0.29, 0.717) is 6.54 Å². The van der Waals surface area contributed by atoms with Gasteiger partial charge in [0.2, 0.25) is 0 Å². The van der Waals surface area contributed by atoms with Crippen LogP contribution in [0, 0.1) is 0 Å². The minimum Gasteiger partial charge on any atom is -0.395 e. The molecule has 0 aliphatic rings. The predicted molar refractivity (Wildman–Crippen MR) is 83.5 cm³/mol. The molecule has 0 bridgehead atoms. The molecule has 3 N–H and O–H groups in total. The Balaban J connectivity index is 2.23. The lowest BCUT2D eigenvalue weighted by atomic mass is 10.0. The second-order valence-electron chi connectivity index (χ2n) is 5.43. The molecule has 114 valence electrons. The summed E-state index contributed by atoms with van der Waals surface area (Å²) < 4.78 is 0. The van der Waals surface area contributed by atoms with Crippen LogP contribution >= 0.6 is 0 Å². The van der Waals surface area contributed by atoms with Gasteiger partial charge in [0.15, 0.2) is 0 Å². The van der Waals surface area contributed by atoms with Crippen molar-refractivity contribution >= 4 is 0 Å². The fourth-order valence-corrected chi connectivity index (χ4v) is 2.33. The second-order valence-corrected chi connectivity index (χ2v) is 5.43. The highest BCUT2D eigenvalue weighted by Gasteiger charge is 2.17. The van der Waals surface area contributed by atoms with Crippen molar-refractivity contribution in [3.63, 3.8) is 0 Å². The van der Waals surface area contributed by atoms with Gasteiger partial charge in [-0.3, -0.25) is 0 Å². The minimum absolute atomic E-state index is 0.0248. The Morgan fingerprint density at radius 2 is 1.75 bits per heavy atom. The lowest BCUT2D eigenvalue weighted by Gasteiger charge is -2.22. The zero-order valence-corrected chi connectivity index (χ0v) is 12.6. The third-order valence-electron chi connectivity index (χ3n) is 3.68. The number of nitrogens with one attached hydrogen (secondary N) is 1. The Bertz CT molecular complexity index is 329. The molecule has 0 fully saturated rings. The van der Waals surface area contributed by atoms with Crippen molar-refractivity contribution in [1.82, 2.24) is 5.32 Å². The first-order valence-corrected chi connectivity index (χ1v) is 7.84. The average Bonchev–Trinajstić information content (AvgIpc) is 2.48. The van der Waals surface area contributed by atoms with Gasteiger partial charge in [-0.05, 0) is 12.0 Å². The SMILES string of the molecule is CCCCCCC[C@@H](O)[C@H](CO)NCc1ccccc1. The van der Waals surface area contributed by atoms with Crippen molar-refractivity contribution in [2.45, 2.75) is 64.1 Å². The molecule has 0 unspecified atom stereocenters. The van der Waals surface area contributed by atoms with Gasteiger partial charge in [-0.2, -0.15) is 0 Å². The molecule has 0 aromatic heterocycles. The third kappa shape index (κ3) is 7.04. The molecule has 1 aromatic carbocycles. The summed E-state index contributed by atoms with van der Waals surface area (Å²) in [4.78, 5) is 0. The topological polar surface area (TPSA) is 52.5 Å². The van der Waals surface area contributed by atoms with E-state index in [1.807, 2.05) is 30.3 Å². The van der Waals surface area contributed by atoms with Gasteiger partial charge < -0.3 is 15.5 Å². The average molecular weight is 279 g/mol. The summed E-state index contributed by atoms with van der Waals surface area (Å²) in [6.07, 6.45) is 6.24. The minimum atomic E-state index is -0.467. The molecule has 0 saturated carbocycles. The normalized spacial score (nSPS) is 14.2. The maximum Gasteiger partial charge on any atom is 0.0715 e. The molecule has 20 heavy (non-hydrogen) atoms. The molecule has 0 radical (unpaired) electrons. The largest absolute Gasteiger partial charge is 0.395 e. The summed E-state index contributed by atoms with van der Waals surface area (Å²) in [6.45, 7) is 2.85. The van der Waals surface area contributed by atoms with Crippen molar-refractivity contribution in [1.29, 1.82) is 0 Å². The van der Waals surface area contributed by atoms with E-state index < -0.39 is 6.10 Å². The maximum absolute atomic E-state index is 10.1. The Hall–Kier alpha value is -0.900. The molecular weight excluding hydrogens is 250 g/mol. The number of unbranched alkanes of at least 4 members (excludes halogenated alkanes) is 4. The van der Waals surface area contributed by atoms with E-state index in [9.17, 15) is 10.2 Å². The third-order valence-corrected chi connectivity index (χ3v) is 3.68. The molecule has 0 heterocycles. The van der Waals surface area contributed by atoms with Gasteiger partial charge in [0.05, 0.1) is 18.8 Å². The summed E-state index contributed by atoms with van der Waals surface area (Å²) in [5.74, 6) is 0. The summed E-state index contributed by atoms with van der Waals surface area (Å²) in [7, 11) is 0. The van der Waals surface area contributed by atoms with Crippen LogP contribution in [0.15, 0.2) is 30.3 Å². The van der Waals surface area contributed by atoms with Gasteiger partial charge >= 0.3 is 0 Å². The van der Waals surface area contributed by atoms with Crippen LogP contribution in [0.2, 0.25) is 0 Å². The highest BCUT2D eigenvalue weighted by atomic mass is 16.3. The number of hydrogen-bond donors (Lipinski definition) is 3. The molecule has 3 heteroatoms. The number of benzene rings is 1. The monoisotopic (exact) mass is 279 g/mol. The van der Waals surface area contributed by atoms with Crippen molar-refractivity contribution in [2.24, 2.45) is 0 Å². The molecule has 1 aromatic rings. The van der Waals surface area contributed by atoms with E-state index in [1.165, 1.54) is 31.2 Å². The van der Waals surface area contributed by atoms with Crippen LogP contribution in [0.5, 0.6) is 0 Å². The van der Waals surface area contributed by atoms with Crippen LogP contribution in [0.25, 0.3) is 0 Å². The van der Waals surface area contributed by atoms with Crippen LogP contribution in [0.1, 0.15) is 51.0 Å². The predicted octanol–water partition coefficient (Wildman–Crippen LogP) is 2.86. The lowest BCUT2D eigenvalue weighted by Crippen LogP contribution is -2.42. The second kappa shape index (κ2) is 10.8. The highest BCUT2D eigenvalue weighted by Crippen LogP contribution is 2.10. The van der Waals surface area contributed by atoms with Crippen LogP contribution in [-0.2, 0) is 6.54 Å². The van der Waals surface area contributed by atoms with Crippen molar-refractivity contribution in [3.05, 3.63) is 35.9 Å². The Morgan fingerprint density at radius 1 is 1.05 bits per heavy atom. The number of hydrogen-bond acceptors (Lipinski definition) is 3. The first-order chi connectivity index (χ1) is 9.77. The summed E-state index contributed by atoms with van der Waals surface area (Å²) >= 11 is 0. The molecule has 0 aliphatic carbocycles. The zero-order valence-electron chi connectivity index (χ0n) is 12.6. The lowest BCUT2D eigenvalue weighted by molar-refractivity contribution is 0.0803. The van der Waals surface area contributed by atoms with Crippen molar-refractivity contribution in [3.8, 4) is 0 Å². The van der Waals surface area contributed by atoms with E-state index in [-0.39, 0.29) is 12.6 Å². The number of aliphatic hydroxyl groups is 2. The summed E-state index contributed by atoms with van der Waals surface area (Å²) in [6, 6.07) is 9.82. The fraction of sp³-hybridized carbons (Fsp3) is 0.647. The van der Waals surface area contributed by atoms with Crippen LogP contribution in [0.4, 0.5) is 0 Å². The Kier molecular flexibility index (Phi) is 9.29. The number of aliphatic hydroxyl groups excluding tert-OH is 2. The van der Waals surface area contributed by atoms with Crippen LogP contribution in [-0.4, -0.2) is 29.0 Å². The van der Waals surface area contributed by atoms with Gasteiger partial charge in [0, 0.05) is 6.54 Å². The quantitative estimate of drug-likeness (QED) is 0.546. The standard InChI is InChI=1S/C17H29NO2/c1-2-3-4-5-9-12-17(20)16(14-19)18-13-15-10-7-6-8-11-15/h6-8,10-11,16-20H,2-5,9,12-14H2,1H3/t16-,17+/m0/s1. The smallest absolute Gasteiger partial charge is 0.0715 e. The van der Waals surface area contributed by atoms with Crippen molar-refractivity contribution < 1.29 is 10.2 Å². The molecule has 0 saturated heterocycles. The van der Waals surface area contributed by atoms with E-state index in [0.717, 1.165) is 12.8 Å². The molecule has 0 aliphatic heterocycles. The van der Waals surface area contributed by atoms with Gasteiger partial charge in [-0.25, -0.2) is 0 Å². The van der Waals surface area contributed by atoms with E-state index in [4.69, 9.17) is 0 Å². The molecule has 2 atom stereocenters. The van der Waals surface area contributed by atoms with Gasteiger partial charge in [0.25, 0.3) is 0 Å². The fourth-order valence-electron chi connectivity index (χ4n) is 2.33. The highest BCUT2D eigenvalue weighted by molar-refractivity contribution is 5.14. The summed E-state index contributed by atoms with van der Waals surface area (Å²) in [5.41, 5.74) is 1.17. The van der Waals surface area contributed by atoms with Gasteiger partial charge in [-0.15, -0.1) is 0 Å².